The van der Waals surface area contributed by atoms with Crippen molar-refractivity contribution in [2.75, 3.05) is 18.2 Å². The molecule has 140 valence electrons. The molecule has 0 aliphatic carbocycles. The molecule has 0 aliphatic heterocycles. The fourth-order valence-electron chi connectivity index (χ4n) is 2.06. The molecule has 27 heavy (non-hydrogen) atoms. The van der Waals surface area contributed by atoms with E-state index < -0.39 is 10.8 Å². The minimum atomic E-state index is -0.560. The number of nitro groups is 1. The monoisotopic (exact) mass is 391 g/mol. The van der Waals surface area contributed by atoms with E-state index in [0.717, 1.165) is 11.8 Å². The number of hydrogen-bond donors (Lipinski definition) is 1. The highest BCUT2D eigenvalue weighted by Gasteiger charge is 2.16. The van der Waals surface area contributed by atoms with E-state index in [4.69, 9.17) is 13.7 Å². The number of nitrogens with one attached hydrogen (secondary N) is 1. The van der Waals surface area contributed by atoms with Gasteiger partial charge in [-0.25, -0.2) is 0 Å². The summed E-state index contributed by atoms with van der Waals surface area (Å²) >= 11 is 1.01. The van der Waals surface area contributed by atoms with E-state index in [1.54, 1.807) is 13.0 Å². The average Bonchev–Trinajstić information content (AvgIpc) is 3.28. The predicted octanol–water partition coefficient (Wildman–Crippen LogP) is 2.68. The number of hydrogen-bond acceptors (Lipinski definition) is 10. The number of rotatable bonds is 7. The number of non-ortho nitro benzene ring substituents is 1. The summed E-state index contributed by atoms with van der Waals surface area (Å²) in [6.07, 6.45) is 0. The molecule has 1 N–H and O–H groups in total. The van der Waals surface area contributed by atoms with E-state index in [1.165, 1.54) is 25.3 Å². The second-order valence-electron chi connectivity index (χ2n) is 5.17. The lowest BCUT2D eigenvalue weighted by Gasteiger charge is -2.09. The fourth-order valence-corrected chi connectivity index (χ4v) is 2.62. The summed E-state index contributed by atoms with van der Waals surface area (Å²) in [6.45, 7) is 1.73. The molecular weight excluding hydrogens is 378 g/mol. The molecule has 2 heterocycles. The van der Waals surface area contributed by atoms with Crippen LogP contribution in [0.1, 0.15) is 5.76 Å². The number of anilines is 1. The molecule has 0 saturated carbocycles. The molecule has 0 spiro atoms. The molecule has 2 aromatic heterocycles. The van der Waals surface area contributed by atoms with Gasteiger partial charge >= 0.3 is 0 Å². The topological polar surface area (TPSA) is 146 Å². The molecule has 0 unspecified atom stereocenters. The lowest BCUT2D eigenvalue weighted by Crippen LogP contribution is -2.14. The van der Waals surface area contributed by atoms with E-state index >= 15 is 0 Å². The number of carbonyl (C=O) groups is 1. The summed E-state index contributed by atoms with van der Waals surface area (Å²) in [4.78, 5) is 22.5. The zero-order chi connectivity index (χ0) is 19.4. The number of aryl methyl sites for hydroxylation is 1. The van der Waals surface area contributed by atoms with Crippen molar-refractivity contribution < 1.29 is 23.4 Å². The number of thioether (sulfide) groups is 1. The third-order valence-corrected chi connectivity index (χ3v) is 4.07. The summed E-state index contributed by atoms with van der Waals surface area (Å²) in [5.41, 5.74) is 0.433. The first-order valence-corrected chi connectivity index (χ1v) is 8.47. The van der Waals surface area contributed by atoms with Crippen LogP contribution in [0.25, 0.3) is 11.6 Å². The first-order chi connectivity index (χ1) is 13.0. The Bertz CT molecular complexity index is 985. The van der Waals surface area contributed by atoms with E-state index in [-0.39, 0.29) is 28.2 Å². The quantitative estimate of drug-likeness (QED) is 0.362. The predicted molar refractivity (Wildman–Crippen MR) is 93.5 cm³/mol. The maximum atomic E-state index is 12.1. The normalized spacial score (nSPS) is 10.6. The maximum Gasteiger partial charge on any atom is 0.277 e. The van der Waals surface area contributed by atoms with Gasteiger partial charge < -0.3 is 19.0 Å². The third-order valence-electron chi connectivity index (χ3n) is 3.25. The molecule has 0 bridgehead atoms. The second-order valence-corrected chi connectivity index (χ2v) is 6.10. The standard InChI is InChI=1S/C15H13N5O6S/c1-8-5-11(19-26-8)14-17-18-15(25-14)27-7-13(21)16-10-6-9(20(22)23)3-4-12(10)24-2/h3-6H,7H2,1-2H3,(H,16,21). The van der Waals surface area contributed by atoms with Gasteiger partial charge in [-0.05, 0) is 13.0 Å². The molecule has 0 aliphatic rings. The summed E-state index contributed by atoms with van der Waals surface area (Å²) in [6, 6.07) is 5.56. The first kappa shape index (κ1) is 18.4. The van der Waals surface area contributed by atoms with Gasteiger partial charge in [0.15, 0.2) is 5.69 Å². The summed E-state index contributed by atoms with van der Waals surface area (Å²) in [5, 5.41) is 25.0. The van der Waals surface area contributed by atoms with E-state index in [1.807, 2.05) is 0 Å². The highest BCUT2D eigenvalue weighted by atomic mass is 32.2. The molecule has 0 saturated heterocycles. The van der Waals surface area contributed by atoms with E-state index in [0.29, 0.717) is 17.2 Å². The molecule has 3 rings (SSSR count). The van der Waals surface area contributed by atoms with Gasteiger partial charge in [-0.1, -0.05) is 16.9 Å². The lowest BCUT2D eigenvalue weighted by atomic mass is 10.2. The van der Waals surface area contributed by atoms with Gasteiger partial charge in [0, 0.05) is 18.2 Å². The third kappa shape index (κ3) is 4.41. The van der Waals surface area contributed by atoms with Crippen molar-refractivity contribution in [2.45, 2.75) is 12.1 Å². The van der Waals surface area contributed by atoms with Crippen LogP contribution in [0.2, 0.25) is 0 Å². The Hall–Kier alpha value is -3.41. The van der Waals surface area contributed by atoms with Crippen LogP contribution in [0.15, 0.2) is 38.4 Å². The number of methoxy groups -OCH3 is 1. The van der Waals surface area contributed by atoms with Gasteiger partial charge in [0.25, 0.3) is 16.8 Å². The maximum absolute atomic E-state index is 12.1. The molecule has 1 aromatic carbocycles. The minimum Gasteiger partial charge on any atom is -0.495 e. The molecule has 0 radical (unpaired) electrons. The Labute approximate surface area is 156 Å². The second kappa shape index (κ2) is 7.86. The highest BCUT2D eigenvalue weighted by Crippen LogP contribution is 2.29. The van der Waals surface area contributed by atoms with Crippen LogP contribution >= 0.6 is 11.8 Å². The zero-order valence-electron chi connectivity index (χ0n) is 14.2. The molecule has 0 fully saturated rings. The number of nitro benzene ring substituents is 1. The largest absolute Gasteiger partial charge is 0.495 e. The van der Waals surface area contributed by atoms with Gasteiger partial charge in [-0.2, -0.15) is 0 Å². The van der Waals surface area contributed by atoms with Crippen LogP contribution in [0.5, 0.6) is 5.75 Å². The number of amides is 1. The van der Waals surface area contributed by atoms with Crippen molar-refractivity contribution in [1.82, 2.24) is 15.4 Å². The van der Waals surface area contributed by atoms with E-state index in [9.17, 15) is 14.9 Å². The number of aromatic nitrogens is 3. The Balaban J connectivity index is 1.63. The van der Waals surface area contributed by atoms with Crippen molar-refractivity contribution in [3.05, 3.63) is 40.1 Å². The van der Waals surface area contributed by atoms with Crippen molar-refractivity contribution >= 4 is 29.0 Å². The Morgan fingerprint density at radius 1 is 1.37 bits per heavy atom. The number of nitrogens with zero attached hydrogens (tertiary/aromatic N) is 4. The van der Waals surface area contributed by atoms with Gasteiger partial charge in [-0.15, -0.1) is 10.2 Å². The Kier molecular flexibility index (Phi) is 5.35. The summed E-state index contributed by atoms with van der Waals surface area (Å²) in [5.74, 6) is 0.611. The van der Waals surface area contributed by atoms with Gasteiger partial charge in [0.2, 0.25) is 5.91 Å². The van der Waals surface area contributed by atoms with Crippen LogP contribution in [0, 0.1) is 17.0 Å². The van der Waals surface area contributed by atoms with Crippen LogP contribution in [-0.2, 0) is 4.79 Å². The van der Waals surface area contributed by atoms with Crippen LogP contribution in [0.3, 0.4) is 0 Å². The van der Waals surface area contributed by atoms with Crippen molar-refractivity contribution in [2.24, 2.45) is 0 Å². The van der Waals surface area contributed by atoms with Gasteiger partial charge in [0.1, 0.15) is 11.5 Å². The Morgan fingerprint density at radius 2 is 2.19 bits per heavy atom. The van der Waals surface area contributed by atoms with Crippen molar-refractivity contribution in [3.8, 4) is 17.3 Å². The van der Waals surface area contributed by atoms with Crippen LogP contribution in [0.4, 0.5) is 11.4 Å². The highest BCUT2D eigenvalue weighted by molar-refractivity contribution is 7.99. The first-order valence-electron chi connectivity index (χ1n) is 7.48. The Morgan fingerprint density at radius 3 is 2.85 bits per heavy atom. The number of benzene rings is 1. The number of ether oxygens (including phenoxy) is 1. The minimum absolute atomic E-state index is 0.0503. The number of carbonyl (C=O) groups excluding carboxylic acids is 1. The zero-order valence-corrected chi connectivity index (χ0v) is 15.0. The fraction of sp³-hybridized carbons (Fsp3) is 0.200. The summed E-state index contributed by atoms with van der Waals surface area (Å²) < 4.78 is 15.4. The smallest absolute Gasteiger partial charge is 0.277 e. The van der Waals surface area contributed by atoms with Crippen LogP contribution in [-0.4, -0.2) is 39.0 Å². The molecule has 12 heteroatoms. The van der Waals surface area contributed by atoms with Crippen molar-refractivity contribution in [3.63, 3.8) is 0 Å². The van der Waals surface area contributed by atoms with Crippen LogP contribution < -0.4 is 10.1 Å². The molecule has 11 nitrogen and oxygen atoms in total. The van der Waals surface area contributed by atoms with Crippen molar-refractivity contribution in [1.29, 1.82) is 0 Å². The lowest BCUT2D eigenvalue weighted by molar-refractivity contribution is -0.384. The molecule has 3 aromatic rings. The molecule has 0 atom stereocenters. The SMILES string of the molecule is COc1ccc([N+](=O)[O-])cc1NC(=O)CSc1nnc(-c2cc(C)on2)o1. The summed E-state index contributed by atoms with van der Waals surface area (Å²) in [7, 11) is 1.40. The van der Waals surface area contributed by atoms with Gasteiger partial charge in [-0.3, -0.25) is 14.9 Å². The molecular formula is C15H13N5O6S. The van der Waals surface area contributed by atoms with Gasteiger partial charge in [0.05, 0.1) is 23.5 Å². The van der Waals surface area contributed by atoms with E-state index in [2.05, 4.69) is 20.7 Å². The molecule has 1 amide bonds. The average molecular weight is 391 g/mol.